The summed E-state index contributed by atoms with van der Waals surface area (Å²) in [5.74, 6) is 0. The van der Waals surface area contributed by atoms with Crippen molar-refractivity contribution in [1.82, 2.24) is 5.32 Å². The van der Waals surface area contributed by atoms with Crippen LogP contribution in [0.4, 0.5) is 0 Å². The summed E-state index contributed by atoms with van der Waals surface area (Å²) in [6, 6.07) is 0.223. The molecule has 1 rings (SSSR count). The minimum absolute atomic E-state index is 0. The summed E-state index contributed by atoms with van der Waals surface area (Å²) in [6.45, 7) is 2.10. The molecular formula is C5H11KN2. The summed E-state index contributed by atoms with van der Waals surface area (Å²) in [6.07, 6.45) is 2.08. The van der Waals surface area contributed by atoms with Gasteiger partial charge in [-0.05, 0) is 13.1 Å². The smallest absolute Gasteiger partial charge is 0.675 e. The van der Waals surface area contributed by atoms with Crippen LogP contribution in [0.3, 0.4) is 0 Å². The average Bonchev–Trinajstić information content (AvgIpc) is 1.69. The van der Waals surface area contributed by atoms with E-state index in [-0.39, 0.29) is 57.4 Å². The van der Waals surface area contributed by atoms with E-state index in [4.69, 9.17) is 5.73 Å². The van der Waals surface area contributed by atoms with Gasteiger partial charge >= 0.3 is 51.4 Å². The molecule has 1 fully saturated rings. The molecule has 0 aromatic heterocycles. The van der Waals surface area contributed by atoms with Gasteiger partial charge in [-0.3, -0.25) is 0 Å². The minimum atomic E-state index is 0. The Hall–Kier alpha value is 1.56. The Kier molecular flexibility index (Phi) is 6.39. The standard InChI is InChI=1S/C5H11N2.K/c6-5-1-3-7-4-2-5;/h5-7H,1-4H2;/q-1;+1. The van der Waals surface area contributed by atoms with Crippen LogP contribution in [0.2, 0.25) is 0 Å². The van der Waals surface area contributed by atoms with Crippen LogP contribution in [0.15, 0.2) is 0 Å². The maximum Gasteiger partial charge on any atom is 1.00 e. The number of piperidine rings is 1. The summed E-state index contributed by atoms with van der Waals surface area (Å²) in [4.78, 5) is 0. The molecule has 0 bridgehead atoms. The fraction of sp³-hybridized carbons (Fsp3) is 1.00. The fourth-order valence-corrected chi connectivity index (χ4v) is 0.822. The van der Waals surface area contributed by atoms with Gasteiger partial charge in [0.15, 0.2) is 0 Å². The van der Waals surface area contributed by atoms with E-state index >= 15 is 0 Å². The van der Waals surface area contributed by atoms with Crippen molar-refractivity contribution in [2.24, 2.45) is 0 Å². The van der Waals surface area contributed by atoms with Crippen molar-refractivity contribution < 1.29 is 51.4 Å². The maximum atomic E-state index is 7.23. The summed E-state index contributed by atoms with van der Waals surface area (Å²) in [7, 11) is 0. The second-order valence-electron chi connectivity index (χ2n) is 2.02. The van der Waals surface area contributed by atoms with Crippen LogP contribution in [0.25, 0.3) is 5.73 Å². The third-order valence-electron chi connectivity index (χ3n) is 1.34. The van der Waals surface area contributed by atoms with Gasteiger partial charge in [0, 0.05) is 0 Å². The summed E-state index contributed by atoms with van der Waals surface area (Å²) in [5, 5.41) is 3.20. The third kappa shape index (κ3) is 3.56. The first kappa shape index (κ1) is 9.56. The minimum Gasteiger partial charge on any atom is -0.675 e. The van der Waals surface area contributed by atoms with E-state index in [1.807, 2.05) is 0 Å². The molecule has 0 aromatic rings. The predicted octanol–water partition coefficient (Wildman–Crippen LogP) is -2.21. The Morgan fingerprint density at radius 1 is 1.25 bits per heavy atom. The topological polar surface area (TPSA) is 35.8 Å². The first-order chi connectivity index (χ1) is 3.39. The van der Waals surface area contributed by atoms with E-state index in [1.165, 1.54) is 0 Å². The molecule has 1 aliphatic heterocycles. The van der Waals surface area contributed by atoms with Gasteiger partial charge in [-0.25, -0.2) is 0 Å². The van der Waals surface area contributed by atoms with E-state index in [1.54, 1.807) is 0 Å². The molecule has 3 heteroatoms. The first-order valence-corrected chi connectivity index (χ1v) is 2.81. The van der Waals surface area contributed by atoms with Gasteiger partial charge in [0.2, 0.25) is 0 Å². The molecule has 0 unspecified atom stereocenters. The maximum absolute atomic E-state index is 7.23. The van der Waals surface area contributed by atoms with Gasteiger partial charge in [-0.1, -0.05) is 12.8 Å². The normalized spacial score (nSPS) is 22.1. The van der Waals surface area contributed by atoms with Gasteiger partial charge in [0.1, 0.15) is 0 Å². The van der Waals surface area contributed by atoms with Gasteiger partial charge in [-0.15, -0.1) is 6.04 Å². The fourth-order valence-electron chi connectivity index (χ4n) is 0.822. The molecule has 0 saturated carbocycles. The average molecular weight is 138 g/mol. The molecule has 1 aliphatic rings. The molecule has 0 spiro atoms. The van der Waals surface area contributed by atoms with Gasteiger partial charge in [-0.2, -0.15) is 0 Å². The van der Waals surface area contributed by atoms with Crippen LogP contribution in [0, 0.1) is 0 Å². The Balaban J connectivity index is 0.000000490. The van der Waals surface area contributed by atoms with Crippen LogP contribution in [0.5, 0.6) is 0 Å². The molecular weight excluding hydrogens is 127 g/mol. The van der Waals surface area contributed by atoms with Crippen LogP contribution in [0.1, 0.15) is 12.8 Å². The zero-order chi connectivity index (χ0) is 5.11. The molecule has 0 radical (unpaired) electrons. The third-order valence-corrected chi connectivity index (χ3v) is 1.34. The molecule has 42 valence electrons. The summed E-state index contributed by atoms with van der Waals surface area (Å²) < 4.78 is 0. The first-order valence-electron chi connectivity index (χ1n) is 2.81. The van der Waals surface area contributed by atoms with Gasteiger partial charge in [0.25, 0.3) is 0 Å². The molecule has 2 N–H and O–H groups in total. The monoisotopic (exact) mass is 138 g/mol. The molecule has 8 heavy (non-hydrogen) atoms. The molecule has 1 saturated heterocycles. The SMILES string of the molecule is [K+].[NH-]C1CCNCC1. The Bertz CT molecular complexity index is 52.4. The number of nitrogens with one attached hydrogen (secondary N) is 2. The van der Waals surface area contributed by atoms with Crippen LogP contribution in [-0.2, 0) is 0 Å². The molecule has 0 atom stereocenters. The largest absolute Gasteiger partial charge is 1.00 e. The van der Waals surface area contributed by atoms with Gasteiger partial charge in [0.05, 0.1) is 0 Å². The van der Waals surface area contributed by atoms with Crippen molar-refractivity contribution in [2.75, 3.05) is 13.1 Å². The Labute approximate surface area is 93.0 Å². The van der Waals surface area contributed by atoms with Crippen LogP contribution in [-0.4, -0.2) is 19.1 Å². The number of rotatable bonds is 0. The number of hydrogen-bond donors (Lipinski definition) is 1. The van der Waals surface area contributed by atoms with Gasteiger partial charge < -0.3 is 11.1 Å². The zero-order valence-electron chi connectivity index (χ0n) is 5.41. The summed E-state index contributed by atoms with van der Waals surface area (Å²) in [5.41, 5.74) is 7.23. The second-order valence-corrected chi connectivity index (χ2v) is 2.02. The van der Waals surface area contributed by atoms with Crippen molar-refractivity contribution in [1.29, 1.82) is 0 Å². The van der Waals surface area contributed by atoms with Crippen molar-refractivity contribution in [3.63, 3.8) is 0 Å². The van der Waals surface area contributed by atoms with Crippen molar-refractivity contribution >= 4 is 0 Å². The van der Waals surface area contributed by atoms with Crippen molar-refractivity contribution in [2.45, 2.75) is 18.9 Å². The Morgan fingerprint density at radius 2 is 1.75 bits per heavy atom. The second kappa shape index (κ2) is 5.35. The summed E-state index contributed by atoms with van der Waals surface area (Å²) >= 11 is 0. The van der Waals surface area contributed by atoms with E-state index in [0.29, 0.717) is 0 Å². The van der Waals surface area contributed by atoms with Crippen LogP contribution >= 0.6 is 0 Å². The quantitative estimate of drug-likeness (QED) is 0.379. The number of hydrogen-bond acceptors (Lipinski definition) is 1. The Morgan fingerprint density at radius 3 is 2.00 bits per heavy atom. The van der Waals surface area contributed by atoms with Crippen molar-refractivity contribution in [3.8, 4) is 0 Å². The molecule has 0 aliphatic carbocycles. The van der Waals surface area contributed by atoms with Crippen LogP contribution < -0.4 is 56.7 Å². The molecule has 2 nitrogen and oxygen atoms in total. The molecule has 1 heterocycles. The zero-order valence-corrected chi connectivity index (χ0v) is 8.53. The molecule has 0 amide bonds. The van der Waals surface area contributed by atoms with E-state index < -0.39 is 0 Å². The van der Waals surface area contributed by atoms with E-state index in [2.05, 4.69) is 5.32 Å². The molecule has 0 aromatic carbocycles. The van der Waals surface area contributed by atoms with Crippen molar-refractivity contribution in [3.05, 3.63) is 5.73 Å². The van der Waals surface area contributed by atoms with E-state index in [9.17, 15) is 0 Å². The van der Waals surface area contributed by atoms with E-state index in [0.717, 1.165) is 25.9 Å². The predicted molar refractivity (Wildman–Crippen MR) is 30.2 cm³/mol.